The van der Waals surface area contributed by atoms with Crippen LogP contribution >= 0.6 is 0 Å². The second-order valence-corrected chi connectivity index (χ2v) is 5.93. The number of carbonyl (C=O) groups is 1. The molecule has 1 aromatic heterocycles. The third-order valence-electron chi connectivity index (χ3n) is 4.23. The van der Waals surface area contributed by atoms with Crippen LogP contribution < -0.4 is 5.32 Å². The summed E-state index contributed by atoms with van der Waals surface area (Å²) in [5.41, 5.74) is 1.86. The smallest absolute Gasteiger partial charge is 0.252 e. The lowest BCUT2D eigenvalue weighted by molar-refractivity contribution is 0.0952. The Morgan fingerprint density at radius 2 is 1.96 bits per heavy atom. The van der Waals surface area contributed by atoms with Crippen molar-refractivity contribution in [3.63, 3.8) is 0 Å². The number of aromatic nitrogens is 1. The van der Waals surface area contributed by atoms with Crippen molar-refractivity contribution in [2.24, 2.45) is 0 Å². The van der Waals surface area contributed by atoms with Gasteiger partial charge in [0, 0.05) is 18.3 Å². The zero-order chi connectivity index (χ0) is 18.1. The van der Waals surface area contributed by atoms with Gasteiger partial charge in [-0.05, 0) is 56.7 Å². The number of unbranched alkanes of at least 4 members (excludes halogenated alkanes) is 1. The molecule has 0 spiro atoms. The van der Waals surface area contributed by atoms with E-state index in [1.54, 1.807) is 24.3 Å². The van der Waals surface area contributed by atoms with Crippen LogP contribution in [0.5, 0.6) is 0 Å². The SMILES string of the molecule is CCN(CC)CCCCNC(=O)c1ccc(-c2cccc(F)c2)nc1. The summed E-state index contributed by atoms with van der Waals surface area (Å²) < 4.78 is 13.3. The fourth-order valence-electron chi connectivity index (χ4n) is 2.65. The monoisotopic (exact) mass is 343 g/mol. The van der Waals surface area contributed by atoms with Crippen LogP contribution in [0.1, 0.15) is 37.0 Å². The van der Waals surface area contributed by atoms with E-state index in [0.29, 0.717) is 23.4 Å². The van der Waals surface area contributed by atoms with E-state index in [0.717, 1.165) is 32.5 Å². The lowest BCUT2D eigenvalue weighted by Crippen LogP contribution is -2.27. The van der Waals surface area contributed by atoms with Crippen LogP contribution in [0.15, 0.2) is 42.6 Å². The van der Waals surface area contributed by atoms with Gasteiger partial charge in [-0.3, -0.25) is 9.78 Å². The molecule has 0 saturated heterocycles. The molecule has 5 heteroatoms. The number of carbonyl (C=O) groups excluding carboxylic acids is 1. The maximum Gasteiger partial charge on any atom is 0.252 e. The minimum absolute atomic E-state index is 0.124. The Morgan fingerprint density at radius 3 is 2.60 bits per heavy atom. The van der Waals surface area contributed by atoms with Gasteiger partial charge in [-0.25, -0.2) is 4.39 Å². The van der Waals surface area contributed by atoms with E-state index >= 15 is 0 Å². The molecule has 0 fully saturated rings. The first-order chi connectivity index (χ1) is 12.1. The first kappa shape index (κ1) is 19.1. The molecule has 25 heavy (non-hydrogen) atoms. The molecular weight excluding hydrogens is 317 g/mol. The summed E-state index contributed by atoms with van der Waals surface area (Å²) in [4.78, 5) is 18.8. The molecule has 0 radical (unpaired) electrons. The number of hydrogen-bond acceptors (Lipinski definition) is 3. The van der Waals surface area contributed by atoms with Crippen molar-refractivity contribution in [2.75, 3.05) is 26.2 Å². The molecule has 1 heterocycles. The van der Waals surface area contributed by atoms with Gasteiger partial charge in [0.1, 0.15) is 5.82 Å². The zero-order valence-electron chi connectivity index (χ0n) is 15.0. The van der Waals surface area contributed by atoms with E-state index in [1.165, 1.54) is 18.3 Å². The van der Waals surface area contributed by atoms with E-state index in [4.69, 9.17) is 0 Å². The van der Waals surface area contributed by atoms with E-state index in [2.05, 4.69) is 29.0 Å². The number of pyridine rings is 1. The third-order valence-corrected chi connectivity index (χ3v) is 4.23. The Morgan fingerprint density at radius 1 is 1.16 bits per heavy atom. The Balaban J connectivity index is 1.80. The van der Waals surface area contributed by atoms with Crippen molar-refractivity contribution in [1.29, 1.82) is 0 Å². The molecule has 1 N–H and O–H groups in total. The van der Waals surface area contributed by atoms with Gasteiger partial charge < -0.3 is 10.2 Å². The van der Waals surface area contributed by atoms with Crippen molar-refractivity contribution in [1.82, 2.24) is 15.2 Å². The molecule has 0 saturated carbocycles. The van der Waals surface area contributed by atoms with E-state index in [-0.39, 0.29) is 11.7 Å². The number of amides is 1. The minimum Gasteiger partial charge on any atom is -0.352 e. The normalized spacial score (nSPS) is 10.9. The third kappa shape index (κ3) is 5.94. The first-order valence-electron chi connectivity index (χ1n) is 8.86. The molecule has 134 valence electrons. The van der Waals surface area contributed by atoms with Gasteiger partial charge in [0.25, 0.3) is 5.91 Å². The van der Waals surface area contributed by atoms with E-state index in [1.807, 2.05) is 0 Å². The summed E-state index contributed by atoms with van der Waals surface area (Å²) in [6, 6.07) is 9.72. The Labute approximate surface area is 149 Å². The second-order valence-electron chi connectivity index (χ2n) is 5.93. The van der Waals surface area contributed by atoms with Crippen LogP contribution in [0.4, 0.5) is 4.39 Å². The predicted octanol–water partition coefficient (Wildman–Crippen LogP) is 3.74. The van der Waals surface area contributed by atoms with Gasteiger partial charge in [0.15, 0.2) is 0 Å². The Hall–Kier alpha value is -2.27. The molecule has 2 rings (SSSR count). The lowest BCUT2D eigenvalue weighted by atomic mass is 10.1. The minimum atomic E-state index is -0.300. The molecule has 1 amide bonds. The van der Waals surface area contributed by atoms with Crippen LogP contribution in [-0.4, -0.2) is 42.0 Å². The van der Waals surface area contributed by atoms with Crippen LogP contribution in [0, 0.1) is 5.82 Å². The summed E-state index contributed by atoms with van der Waals surface area (Å²) in [5, 5.41) is 2.92. The van der Waals surface area contributed by atoms with Gasteiger partial charge in [-0.2, -0.15) is 0 Å². The number of benzene rings is 1. The molecule has 0 bridgehead atoms. The molecule has 4 nitrogen and oxygen atoms in total. The summed E-state index contributed by atoms with van der Waals surface area (Å²) >= 11 is 0. The van der Waals surface area contributed by atoms with Crippen molar-refractivity contribution < 1.29 is 9.18 Å². The van der Waals surface area contributed by atoms with Crippen molar-refractivity contribution in [3.05, 3.63) is 54.0 Å². The van der Waals surface area contributed by atoms with Crippen LogP contribution in [0.3, 0.4) is 0 Å². The summed E-state index contributed by atoms with van der Waals surface area (Å²) in [5.74, 6) is -0.424. The average molecular weight is 343 g/mol. The van der Waals surface area contributed by atoms with Gasteiger partial charge in [-0.1, -0.05) is 26.0 Å². The van der Waals surface area contributed by atoms with Gasteiger partial charge in [-0.15, -0.1) is 0 Å². The molecule has 1 aromatic carbocycles. The Bertz CT molecular complexity index is 669. The van der Waals surface area contributed by atoms with Gasteiger partial charge >= 0.3 is 0 Å². The predicted molar refractivity (Wildman–Crippen MR) is 99.0 cm³/mol. The van der Waals surface area contributed by atoms with Gasteiger partial charge in [0.05, 0.1) is 11.3 Å². The molecule has 0 aliphatic heterocycles. The Kier molecular flexibility index (Phi) is 7.54. The highest BCUT2D eigenvalue weighted by Crippen LogP contribution is 2.17. The zero-order valence-corrected chi connectivity index (χ0v) is 15.0. The number of hydrogen-bond donors (Lipinski definition) is 1. The largest absolute Gasteiger partial charge is 0.352 e. The maximum atomic E-state index is 13.3. The highest BCUT2D eigenvalue weighted by molar-refractivity contribution is 5.94. The molecule has 0 aliphatic rings. The highest BCUT2D eigenvalue weighted by atomic mass is 19.1. The molecule has 0 atom stereocenters. The standard InChI is InChI=1S/C20H26FN3O/c1-3-24(4-2)13-6-5-12-22-20(25)17-10-11-19(23-15-17)16-8-7-9-18(21)14-16/h7-11,14-15H,3-6,12-13H2,1-2H3,(H,22,25). The average Bonchev–Trinajstić information content (AvgIpc) is 2.64. The van der Waals surface area contributed by atoms with Crippen LogP contribution in [-0.2, 0) is 0 Å². The summed E-state index contributed by atoms with van der Waals surface area (Å²) in [6.07, 6.45) is 3.56. The number of halogens is 1. The van der Waals surface area contributed by atoms with Crippen LogP contribution in [0.25, 0.3) is 11.3 Å². The quantitative estimate of drug-likeness (QED) is 0.706. The van der Waals surface area contributed by atoms with E-state index < -0.39 is 0 Å². The number of rotatable bonds is 9. The van der Waals surface area contributed by atoms with E-state index in [9.17, 15) is 9.18 Å². The fourth-order valence-corrected chi connectivity index (χ4v) is 2.65. The highest BCUT2D eigenvalue weighted by Gasteiger charge is 2.07. The molecule has 2 aromatic rings. The topological polar surface area (TPSA) is 45.2 Å². The summed E-state index contributed by atoms with van der Waals surface area (Å²) in [7, 11) is 0. The van der Waals surface area contributed by atoms with Crippen molar-refractivity contribution in [2.45, 2.75) is 26.7 Å². The number of nitrogens with zero attached hydrogens (tertiary/aromatic N) is 2. The summed E-state index contributed by atoms with van der Waals surface area (Å²) in [6.45, 7) is 8.16. The van der Waals surface area contributed by atoms with Gasteiger partial charge in [0.2, 0.25) is 0 Å². The van der Waals surface area contributed by atoms with Crippen molar-refractivity contribution in [3.8, 4) is 11.3 Å². The van der Waals surface area contributed by atoms with Crippen molar-refractivity contribution >= 4 is 5.91 Å². The molecule has 0 unspecified atom stereocenters. The lowest BCUT2D eigenvalue weighted by Gasteiger charge is -2.17. The fraction of sp³-hybridized carbons (Fsp3) is 0.400. The maximum absolute atomic E-state index is 13.3. The molecule has 0 aliphatic carbocycles. The number of nitrogens with one attached hydrogen (secondary N) is 1. The van der Waals surface area contributed by atoms with Crippen LogP contribution in [0.2, 0.25) is 0 Å². The molecular formula is C20H26FN3O. The second kappa shape index (κ2) is 9.89. The first-order valence-corrected chi connectivity index (χ1v) is 8.86.